The van der Waals surface area contributed by atoms with E-state index in [9.17, 15) is 0 Å². The monoisotopic (exact) mass is 218 g/mol. The Hall–Kier alpha value is 0.137. The fourth-order valence-electron chi connectivity index (χ4n) is 1.32. The summed E-state index contributed by atoms with van der Waals surface area (Å²) >= 11 is 0. The molecule has 0 fully saturated rings. The lowest BCUT2D eigenvalue weighted by atomic mass is 10.4. The molecule has 0 saturated carbocycles. The lowest BCUT2D eigenvalue weighted by molar-refractivity contribution is 0.172. The largest absolute Gasteiger partial charge is 0.394 e. The van der Waals surface area contributed by atoms with Gasteiger partial charge < -0.3 is 8.85 Å². The molecular weight excluding hydrogens is 192 g/mol. The summed E-state index contributed by atoms with van der Waals surface area (Å²) in [5.41, 5.74) is 0. The molecule has 0 rings (SSSR count). The molecule has 0 spiro atoms. The molecule has 0 aliphatic heterocycles. The third-order valence-corrected chi connectivity index (χ3v) is 5.10. The van der Waals surface area contributed by atoms with E-state index in [-0.39, 0.29) is 0 Å². The average Bonchev–Trinajstić information content (AvgIpc) is 2.21. The van der Waals surface area contributed by atoms with Gasteiger partial charge >= 0.3 is 8.56 Å². The highest BCUT2D eigenvalue weighted by Gasteiger charge is 2.29. The van der Waals surface area contributed by atoms with E-state index < -0.39 is 8.56 Å². The number of rotatable bonds is 9. The van der Waals surface area contributed by atoms with Crippen molar-refractivity contribution in [2.24, 2.45) is 0 Å². The summed E-state index contributed by atoms with van der Waals surface area (Å²) in [4.78, 5) is 0. The van der Waals surface area contributed by atoms with Gasteiger partial charge in [-0.05, 0) is 25.4 Å². The van der Waals surface area contributed by atoms with E-state index in [1.165, 1.54) is 12.8 Å². The summed E-state index contributed by atoms with van der Waals surface area (Å²) < 4.78 is 11.8. The molecule has 0 N–H and O–H groups in total. The van der Waals surface area contributed by atoms with E-state index in [0.717, 1.165) is 32.1 Å². The van der Waals surface area contributed by atoms with Crippen LogP contribution in [-0.4, -0.2) is 21.8 Å². The summed E-state index contributed by atoms with van der Waals surface area (Å²) in [6.07, 6.45) is 4.64. The fraction of sp³-hybridized carbons (Fsp3) is 1.00. The molecule has 0 saturated heterocycles. The Kier molecular flexibility index (Phi) is 8.53. The van der Waals surface area contributed by atoms with Crippen LogP contribution in [0.25, 0.3) is 0 Å². The smallest absolute Gasteiger partial charge is 0.334 e. The van der Waals surface area contributed by atoms with Crippen molar-refractivity contribution in [3.05, 3.63) is 0 Å². The van der Waals surface area contributed by atoms with E-state index in [2.05, 4.69) is 27.3 Å². The summed E-state index contributed by atoms with van der Waals surface area (Å²) in [6.45, 7) is 10.4. The van der Waals surface area contributed by atoms with E-state index >= 15 is 0 Å². The first-order valence-electron chi connectivity index (χ1n) is 5.96. The van der Waals surface area contributed by atoms with Crippen molar-refractivity contribution in [2.75, 3.05) is 13.2 Å². The van der Waals surface area contributed by atoms with Gasteiger partial charge in [-0.1, -0.05) is 33.6 Å². The van der Waals surface area contributed by atoms with Crippen molar-refractivity contribution in [3.63, 3.8) is 0 Å². The van der Waals surface area contributed by atoms with E-state index in [1.54, 1.807) is 0 Å². The summed E-state index contributed by atoms with van der Waals surface area (Å²) in [5.74, 6) is 0. The van der Waals surface area contributed by atoms with E-state index in [0.29, 0.717) is 0 Å². The summed E-state index contributed by atoms with van der Waals surface area (Å²) in [6, 6.07) is 1.14. The molecular formula is C11H26O2Si. The van der Waals surface area contributed by atoms with Crippen LogP contribution in [0.5, 0.6) is 0 Å². The minimum Gasteiger partial charge on any atom is -0.394 e. The van der Waals surface area contributed by atoms with E-state index in [4.69, 9.17) is 8.85 Å². The van der Waals surface area contributed by atoms with Gasteiger partial charge in [-0.3, -0.25) is 0 Å². The quantitative estimate of drug-likeness (QED) is 0.549. The Morgan fingerprint density at radius 1 is 0.857 bits per heavy atom. The molecule has 3 heteroatoms. The highest BCUT2D eigenvalue weighted by atomic mass is 28.4. The molecule has 0 unspecified atom stereocenters. The molecule has 14 heavy (non-hydrogen) atoms. The standard InChI is InChI=1S/C11H26O2Si/c1-5-8-11-14(4,12-9-6-2)13-10-7-3/h5-11H2,1-4H3. The Balaban J connectivity index is 3.89. The number of hydrogen-bond donors (Lipinski definition) is 0. The van der Waals surface area contributed by atoms with Crippen LogP contribution in [-0.2, 0) is 8.85 Å². The molecule has 0 aromatic heterocycles. The SMILES string of the molecule is CCCC[Si](C)(OCCC)OCCC. The molecule has 0 aliphatic rings. The minimum absolute atomic E-state index is 0.857. The Morgan fingerprint density at radius 3 is 1.71 bits per heavy atom. The summed E-state index contributed by atoms with van der Waals surface area (Å²) in [7, 11) is -1.81. The highest BCUT2D eigenvalue weighted by Crippen LogP contribution is 2.17. The second kappa shape index (κ2) is 8.45. The van der Waals surface area contributed by atoms with Gasteiger partial charge in [-0.2, -0.15) is 0 Å². The van der Waals surface area contributed by atoms with Crippen LogP contribution in [0.1, 0.15) is 46.5 Å². The van der Waals surface area contributed by atoms with E-state index in [1.807, 2.05) is 0 Å². The third kappa shape index (κ3) is 6.57. The first-order chi connectivity index (χ1) is 6.68. The maximum atomic E-state index is 5.90. The molecule has 86 valence electrons. The fourth-order valence-corrected chi connectivity index (χ4v) is 3.96. The first kappa shape index (κ1) is 14.1. The van der Waals surface area contributed by atoms with Crippen molar-refractivity contribution >= 4 is 8.56 Å². The molecule has 0 radical (unpaired) electrons. The first-order valence-corrected chi connectivity index (χ1v) is 8.48. The van der Waals surface area contributed by atoms with Crippen LogP contribution in [0.2, 0.25) is 12.6 Å². The second-order valence-electron chi connectivity index (χ2n) is 3.93. The van der Waals surface area contributed by atoms with Gasteiger partial charge in [-0.15, -0.1) is 0 Å². The van der Waals surface area contributed by atoms with Crippen LogP contribution in [0, 0.1) is 0 Å². The predicted octanol–water partition coefficient (Wildman–Crippen LogP) is 3.71. The van der Waals surface area contributed by atoms with Crippen LogP contribution in [0.3, 0.4) is 0 Å². The van der Waals surface area contributed by atoms with Gasteiger partial charge in [0.2, 0.25) is 0 Å². The molecule has 0 aromatic carbocycles. The zero-order valence-corrected chi connectivity index (χ0v) is 11.3. The van der Waals surface area contributed by atoms with Crippen molar-refractivity contribution < 1.29 is 8.85 Å². The zero-order valence-electron chi connectivity index (χ0n) is 10.3. The molecule has 2 nitrogen and oxygen atoms in total. The molecule has 0 amide bonds. The number of hydrogen-bond acceptors (Lipinski definition) is 2. The van der Waals surface area contributed by atoms with Crippen molar-refractivity contribution in [2.45, 2.75) is 59.0 Å². The second-order valence-corrected chi connectivity index (χ2v) is 7.28. The van der Waals surface area contributed by atoms with Gasteiger partial charge in [-0.25, -0.2) is 0 Å². The van der Waals surface area contributed by atoms with Crippen LogP contribution < -0.4 is 0 Å². The molecule has 0 atom stereocenters. The van der Waals surface area contributed by atoms with Crippen molar-refractivity contribution in [1.29, 1.82) is 0 Å². The Bertz CT molecular complexity index is 107. The van der Waals surface area contributed by atoms with Gasteiger partial charge in [0.1, 0.15) is 0 Å². The lowest BCUT2D eigenvalue weighted by Gasteiger charge is -2.26. The molecule has 0 bridgehead atoms. The zero-order chi connectivity index (χ0) is 10.9. The normalized spacial score (nSPS) is 12.0. The topological polar surface area (TPSA) is 18.5 Å². The lowest BCUT2D eigenvalue weighted by Crippen LogP contribution is -2.39. The minimum atomic E-state index is -1.81. The van der Waals surface area contributed by atoms with Gasteiger partial charge in [0.25, 0.3) is 0 Å². The number of unbranched alkanes of at least 4 members (excludes halogenated alkanes) is 1. The van der Waals surface area contributed by atoms with Crippen LogP contribution in [0.15, 0.2) is 0 Å². The van der Waals surface area contributed by atoms with Gasteiger partial charge in [0.15, 0.2) is 0 Å². The predicted molar refractivity (Wildman–Crippen MR) is 63.8 cm³/mol. The summed E-state index contributed by atoms with van der Waals surface area (Å²) in [5, 5.41) is 0. The Morgan fingerprint density at radius 2 is 1.36 bits per heavy atom. The third-order valence-electron chi connectivity index (χ3n) is 2.21. The maximum Gasteiger partial charge on any atom is 0.334 e. The van der Waals surface area contributed by atoms with Crippen molar-refractivity contribution in [3.8, 4) is 0 Å². The van der Waals surface area contributed by atoms with Gasteiger partial charge in [0.05, 0.1) is 0 Å². The maximum absolute atomic E-state index is 5.90. The van der Waals surface area contributed by atoms with Crippen LogP contribution in [0.4, 0.5) is 0 Å². The molecule has 0 aromatic rings. The van der Waals surface area contributed by atoms with Gasteiger partial charge in [0, 0.05) is 13.2 Å². The van der Waals surface area contributed by atoms with Crippen LogP contribution >= 0.6 is 0 Å². The van der Waals surface area contributed by atoms with Crippen molar-refractivity contribution in [1.82, 2.24) is 0 Å². The molecule has 0 heterocycles. The average molecular weight is 218 g/mol. The Labute approximate surface area is 90.2 Å². The highest BCUT2D eigenvalue weighted by molar-refractivity contribution is 6.66. The molecule has 0 aliphatic carbocycles.